The Balaban J connectivity index is 1.51. The highest BCUT2D eigenvalue weighted by molar-refractivity contribution is 5.75. The molecule has 3 aliphatic rings. The fraction of sp³-hybridized carbons (Fsp3) is 0.941. The van der Waals surface area contributed by atoms with E-state index in [1.165, 1.54) is 32.1 Å². The van der Waals surface area contributed by atoms with E-state index in [9.17, 15) is 4.79 Å². The van der Waals surface area contributed by atoms with E-state index in [-0.39, 0.29) is 12.1 Å². The zero-order valence-corrected chi connectivity index (χ0v) is 14.1. The van der Waals surface area contributed by atoms with Crippen molar-refractivity contribution < 1.29 is 9.53 Å². The van der Waals surface area contributed by atoms with Gasteiger partial charge in [-0.3, -0.25) is 4.90 Å². The lowest BCUT2D eigenvalue weighted by atomic mass is 9.79. The van der Waals surface area contributed by atoms with Crippen molar-refractivity contribution >= 4 is 6.03 Å². The van der Waals surface area contributed by atoms with E-state index < -0.39 is 0 Å². The van der Waals surface area contributed by atoms with Crippen LogP contribution in [-0.4, -0.2) is 66.8 Å². The third-order valence-electron chi connectivity index (χ3n) is 5.95. The maximum atomic E-state index is 12.7. The first-order valence-electron chi connectivity index (χ1n) is 9.05. The number of morpholine rings is 1. The summed E-state index contributed by atoms with van der Waals surface area (Å²) in [5, 5.41) is 3.26. The first-order valence-corrected chi connectivity index (χ1v) is 9.05. The van der Waals surface area contributed by atoms with Crippen LogP contribution in [0.25, 0.3) is 0 Å². The van der Waals surface area contributed by atoms with Crippen LogP contribution < -0.4 is 5.32 Å². The summed E-state index contributed by atoms with van der Waals surface area (Å²) in [5.74, 6) is 0.764. The Morgan fingerprint density at radius 2 is 1.82 bits per heavy atom. The molecule has 0 aromatic heterocycles. The fourth-order valence-electron chi connectivity index (χ4n) is 4.06. The summed E-state index contributed by atoms with van der Waals surface area (Å²) >= 11 is 0. The van der Waals surface area contributed by atoms with Crippen LogP contribution in [0.2, 0.25) is 0 Å². The Kier molecular flexibility index (Phi) is 5.24. The molecule has 1 N–H and O–H groups in total. The van der Waals surface area contributed by atoms with E-state index in [0.717, 1.165) is 38.8 Å². The van der Waals surface area contributed by atoms with Gasteiger partial charge in [0.2, 0.25) is 0 Å². The van der Waals surface area contributed by atoms with Crippen LogP contribution in [0.5, 0.6) is 0 Å². The summed E-state index contributed by atoms with van der Waals surface area (Å²) in [6, 6.07) is 1.19. The van der Waals surface area contributed by atoms with E-state index in [4.69, 9.17) is 4.74 Å². The van der Waals surface area contributed by atoms with Crippen LogP contribution in [0.1, 0.15) is 46.0 Å². The van der Waals surface area contributed by atoms with Gasteiger partial charge >= 0.3 is 6.03 Å². The van der Waals surface area contributed by atoms with Crippen LogP contribution in [0, 0.1) is 5.92 Å². The highest BCUT2D eigenvalue weighted by Crippen LogP contribution is 2.37. The number of nitrogens with zero attached hydrogens (tertiary/aromatic N) is 2. The molecule has 1 saturated carbocycles. The molecule has 0 radical (unpaired) electrons. The Morgan fingerprint density at radius 3 is 2.45 bits per heavy atom. The number of urea groups is 1. The Labute approximate surface area is 134 Å². The first kappa shape index (κ1) is 16.1. The zero-order valence-electron chi connectivity index (χ0n) is 14.1. The van der Waals surface area contributed by atoms with E-state index >= 15 is 0 Å². The van der Waals surface area contributed by atoms with Crippen LogP contribution in [0.4, 0.5) is 4.79 Å². The molecular formula is C17H31N3O2. The minimum Gasteiger partial charge on any atom is -0.379 e. The highest BCUT2D eigenvalue weighted by atomic mass is 16.5. The summed E-state index contributed by atoms with van der Waals surface area (Å²) in [6.07, 6.45) is 6.34. The molecule has 0 aromatic rings. The summed E-state index contributed by atoms with van der Waals surface area (Å²) < 4.78 is 5.41. The van der Waals surface area contributed by atoms with Gasteiger partial charge in [-0.25, -0.2) is 4.79 Å². The van der Waals surface area contributed by atoms with Crippen LogP contribution in [0.15, 0.2) is 0 Å². The van der Waals surface area contributed by atoms with Crippen molar-refractivity contribution in [3.8, 4) is 0 Å². The van der Waals surface area contributed by atoms with Gasteiger partial charge in [0.05, 0.1) is 13.2 Å². The molecule has 1 aliphatic carbocycles. The van der Waals surface area contributed by atoms with Crippen molar-refractivity contribution in [1.82, 2.24) is 15.1 Å². The SMILES string of the molecule is C[C@H](NC(=O)N1CCC[C@H]1C1CCC1)[C@H](C)N1CCOCC1. The standard InChI is InChI=1S/C17H31N3O2/c1-13(14(2)19-9-11-22-12-10-19)18-17(21)20-8-4-7-16(20)15-5-3-6-15/h13-16H,3-12H2,1-2H3,(H,18,21)/t13-,14-,16-/m0/s1. The maximum Gasteiger partial charge on any atom is 0.317 e. The number of nitrogens with one attached hydrogen (secondary N) is 1. The quantitative estimate of drug-likeness (QED) is 0.865. The number of carbonyl (C=O) groups is 1. The third-order valence-corrected chi connectivity index (χ3v) is 5.95. The van der Waals surface area contributed by atoms with Crippen molar-refractivity contribution in [2.45, 2.75) is 64.1 Å². The van der Waals surface area contributed by atoms with Crippen LogP contribution in [-0.2, 0) is 4.74 Å². The van der Waals surface area contributed by atoms with E-state index in [0.29, 0.717) is 12.1 Å². The van der Waals surface area contributed by atoms with Crippen molar-refractivity contribution in [2.75, 3.05) is 32.8 Å². The molecule has 2 amide bonds. The summed E-state index contributed by atoms with van der Waals surface area (Å²) in [4.78, 5) is 17.2. The number of ether oxygens (including phenoxy) is 1. The molecule has 2 heterocycles. The number of rotatable bonds is 4. The number of hydrogen-bond acceptors (Lipinski definition) is 3. The predicted octanol–water partition coefficient (Wildman–Crippen LogP) is 2.07. The highest BCUT2D eigenvalue weighted by Gasteiger charge is 2.38. The second-order valence-corrected chi connectivity index (χ2v) is 7.22. The topological polar surface area (TPSA) is 44.8 Å². The van der Waals surface area contributed by atoms with Gasteiger partial charge in [0.15, 0.2) is 0 Å². The van der Waals surface area contributed by atoms with Gasteiger partial charge in [-0.2, -0.15) is 0 Å². The molecule has 2 saturated heterocycles. The largest absolute Gasteiger partial charge is 0.379 e. The van der Waals surface area contributed by atoms with E-state index in [1.54, 1.807) is 0 Å². The first-order chi connectivity index (χ1) is 10.7. The molecule has 5 heteroatoms. The van der Waals surface area contributed by atoms with E-state index in [1.807, 2.05) is 0 Å². The van der Waals surface area contributed by atoms with Gasteiger partial charge in [-0.15, -0.1) is 0 Å². The van der Waals surface area contributed by atoms with Crippen molar-refractivity contribution in [3.63, 3.8) is 0 Å². The second kappa shape index (κ2) is 7.18. The zero-order chi connectivity index (χ0) is 15.5. The fourth-order valence-corrected chi connectivity index (χ4v) is 4.06. The number of likely N-dealkylation sites (tertiary alicyclic amines) is 1. The Morgan fingerprint density at radius 1 is 1.09 bits per heavy atom. The van der Waals surface area contributed by atoms with Crippen LogP contribution in [0.3, 0.4) is 0 Å². The second-order valence-electron chi connectivity index (χ2n) is 7.22. The van der Waals surface area contributed by atoms with Crippen LogP contribution >= 0.6 is 0 Å². The van der Waals surface area contributed by atoms with Gasteiger partial charge < -0.3 is 15.0 Å². The normalized spacial score (nSPS) is 29.9. The lowest BCUT2D eigenvalue weighted by Gasteiger charge is -2.39. The Hall–Kier alpha value is -0.810. The molecule has 0 unspecified atom stereocenters. The molecular weight excluding hydrogens is 278 g/mol. The van der Waals surface area contributed by atoms with Gasteiger partial charge in [0, 0.05) is 37.8 Å². The average molecular weight is 309 g/mol. The number of amides is 2. The summed E-state index contributed by atoms with van der Waals surface area (Å²) in [6.45, 7) is 8.83. The summed E-state index contributed by atoms with van der Waals surface area (Å²) in [7, 11) is 0. The molecule has 0 bridgehead atoms. The monoisotopic (exact) mass is 309 g/mol. The van der Waals surface area contributed by atoms with Crippen molar-refractivity contribution in [3.05, 3.63) is 0 Å². The average Bonchev–Trinajstić information content (AvgIpc) is 2.94. The molecule has 2 aliphatic heterocycles. The molecule has 3 rings (SSSR count). The number of carbonyl (C=O) groups excluding carboxylic acids is 1. The minimum absolute atomic E-state index is 0.155. The molecule has 0 aromatic carbocycles. The number of hydrogen-bond donors (Lipinski definition) is 1. The molecule has 126 valence electrons. The molecule has 3 fully saturated rings. The van der Waals surface area contributed by atoms with Crippen molar-refractivity contribution in [1.29, 1.82) is 0 Å². The Bertz CT molecular complexity index is 380. The smallest absolute Gasteiger partial charge is 0.317 e. The lowest BCUT2D eigenvalue weighted by Crippen LogP contribution is -2.55. The maximum absolute atomic E-state index is 12.7. The molecule has 5 nitrogen and oxygen atoms in total. The summed E-state index contributed by atoms with van der Waals surface area (Å²) in [5.41, 5.74) is 0. The van der Waals surface area contributed by atoms with Gasteiger partial charge in [-0.1, -0.05) is 6.42 Å². The molecule has 22 heavy (non-hydrogen) atoms. The van der Waals surface area contributed by atoms with Crippen molar-refractivity contribution in [2.24, 2.45) is 5.92 Å². The lowest BCUT2D eigenvalue weighted by molar-refractivity contribution is 0.0139. The molecule has 0 spiro atoms. The van der Waals surface area contributed by atoms with Gasteiger partial charge in [-0.05, 0) is 45.4 Å². The van der Waals surface area contributed by atoms with E-state index in [2.05, 4.69) is 29.0 Å². The third kappa shape index (κ3) is 3.40. The van der Waals surface area contributed by atoms with Gasteiger partial charge in [0.25, 0.3) is 0 Å². The van der Waals surface area contributed by atoms with Gasteiger partial charge in [0.1, 0.15) is 0 Å². The predicted molar refractivity (Wildman–Crippen MR) is 86.9 cm³/mol. The molecule has 3 atom stereocenters. The minimum atomic E-state index is 0.155.